The van der Waals surface area contributed by atoms with E-state index >= 15 is 0 Å². The highest BCUT2D eigenvalue weighted by Gasteiger charge is 2.52. The van der Waals surface area contributed by atoms with Crippen LogP contribution in [0.25, 0.3) is 10.9 Å². The molecule has 4 aromatic rings. The van der Waals surface area contributed by atoms with Crippen LogP contribution in [-0.4, -0.2) is 37.4 Å². The number of benzene rings is 1. The summed E-state index contributed by atoms with van der Waals surface area (Å²) in [6, 6.07) is 10.0. The van der Waals surface area contributed by atoms with Gasteiger partial charge in [0, 0.05) is 35.1 Å². The predicted octanol–water partition coefficient (Wildman–Crippen LogP) is 4.05. The van der Waals surface area contributed by atoms with Gasteiger partial charge in [-0.2, -0.15) is 14.9 Å². The van der Waals surface area contributed by atoms with Crippen LogP contribution in [0.3, 0.4) is 0 Å². The maximum Gasteiger partial charge on any atom is 0.245 e. The van der Waals surface area contributed by atoms with Gasteiger partial charge in [-0.25, -0.2) is 9.67 Å². The summed E-state index contributed by atoms with van der Waals surface area (Å²) in [7, 11) is 0. The van der Waals surface area contributed by atoms with Crippen molar-refractivity contribution in [2.45, 2.75) is 52.1 Å². The van der Waals surface area contributed by atoms with Crippen LogP contribution < -0.4 is 16.4 Å². The average Bonchev–Trinajstić information content (AvgIpc) is 3.60. The topological polar surface area (TPSA) is 171 Å². The summed E-state index contributed by atoms with van der Waals surface area (Å²) < 4.78 is 15.4. The number of nitrogens with one attached hydrogen (secondary N) is 2. The van der Waals surface area contributed by atoms with Crippen LogP contribution in [0.5, 0.6) is 0 Å². The molecule has 1 aliphatic rings. The van der Waals surface area contributed by atoms with Gasteiger partial charge >= 0.3 is 0 Å². The summed E-state index contributed by atoms with van der Waals surface area (Å²) in [5, 5.41) is 35.7. The molecule has 1 fully saturated rings. The molecule has 0 spiro atoms. The summed E-state index contributed by atoms with van der Waals surface area (Å²) in [5.74, 6) is -1.11. The number of carbonyl (C=O) groups excluding carboxylic acids is 1. The largest absolute Gasteiger partial charge is 0.383 e. The van der Waals surface area contributed by atoms with Gasteiger partial charge in [0.05, 0.1) is 34.6 Å². The van der Waals surface area contributed by atoms with Gasteiger partial charge in [-0.1, -0.05) is 32.1 Å². The van der Waals surface area contributed by atoms with Gasteiger partial charge < -0.3 is 16.4 Å². The Labute approximate surface area is 236 Å². The van der Waals surface area contributed by atoms with E-state index in [1.807, 2.05) is 6.07 Å². The second-order valence-corrected chi connectivity index (χ2v) is 11.5. The standard InChI is InChI=1S/C29H29FN10O/c1-16-20(5-6-23(30)36-16)26(22-14-40(39-38-22)29(7-8-29)27(33)41)37-19-9-17(11-31)24-21(10-19)25(18(12-32)13-34-24)35-15-28(2,3)4/h5-6,9-10,13-14,26,37H,7-8,15H2,1-4H3,(H2,33,41)(H,34,35)/t26-/m0/s1. The lowest BCUT2D eigenvalue weighted by Gasteiger charge is -2.23. The Morgan fingerprint density at radius 2 is 1.95 bits per heavy atom. The van der Waals surface area contributed by atoms with Crippen molar-refractivity contribution in [3.63, 3.8) is 0 Å². The van der Waals surface area contributed by atoms with Crippen molar-refractivity contribution in [2.75, 3.05) is 17.2 Å². The Morgan fingerprint density at radius 3 is 2.56 bits per heavy atom. The number of nitriles is 2. The molecule has 5 rings (SSSR count). The van der Waals surface area contributed by atoms with E-state index in [1.165, 1.54) is 16.9 Å². The summed E-state index contributed by atoms with van der Waals surface area (Å²) in [5.41, 5.74) is 8.36. The molecule has 3 heterocycles. The van der Waals surface area contributed by atoms with Crippen LogP contribution in [0.1, 0.15) is 67.7 Å². The van der Waals surface area contributed by atoms with E-state index in [4.69, 9.17) is 5.73 Å². The number of nitrogens with zero attached hydrogens (tertiary/aromatic N) is 7. The van der Waals surface area contributed by atoms with Crippen molar-refractivity contribution in [2.24, 2.45) is 11.1 Å². The lowest BCUT2D eigenvalue weighted by Crippen LogP contribution is -2.34. The van der Waals surface area contributed by atoms with E-state index in [2.05, 4.69) is 63.8 Å². The molecule has 12 heteroatoms. The molecule has 0 bridgehead atoms. The molecule has 208 valence electrons. The Hall–Kier alpha value is -5.10. The van der Waals surface area contributed by atoms with E-state index in [1.54, 1.807) is 25.3 Å². The number of nitrogens with two attached hydrogens (primary N) is 1. The summed E-state index contributed by atoms with van der Waals surface area (Å²) in [4.78, 5) is 20.5. The highest BCUT2D eigenvalue weighted by Crippen LogP contribution is 2.43. The molecule has 3 aromatic heterocycles. The third-order valence-electron chi connectivity index (χ3n) is 7.15. The first-order chi connectivity index (χ1) is 19.5. The van der Waals surface area contributed by atoms with Crippen molar-refractivity contribution in [1.29, 1.82) is 10.5 Å². The fourth-order valence-corrected chi connectivity index (χ4v) is 4.75. The minimum atomic E-state index is -0.907. The zero-order valence-electron chi connectivity index (χ0n) is 23.2. The summed E-state index contributed by atoms with van der Waals surface area (Å²) in [6.45, 7) is 8.48. The molecule has 0 radical (unpaired) electrons. The van der Waals surface area contributed by atoms with Crippen molar-refractivity contribution < 1.29 is 9.18 Å². The molecule has 0 saturated heterocycles. The Balaban J connectivity index is 1.64. The third kappa shape index (κ3) is 5.24. The second kappa shape index (κ2) is 10.1. The van der Waals surface area contributed by atoms with Crippen LogP contribution in [0, 0.1) is 40.9 Å². The Kier molecular flexibility index (Phi) is 6.79. The number of rotatable bonds is 8. The number of pyridine rings is 2. The van der Waals surface area contributed by atoms with Gasteiger partial charge in [-0.05, 0) is 43.4 Å². The number of hydrogen-bond donors (Lipinski definition) is 3. The first kappa shape index (κ1) is 27.5. The number of halogens is 1. The van der Waals surface area contributed by atoms with Crippen LogP contribution in [0.2, 0.25) is 0 Å². The quantitative estimate of drug-likeness (QED) is 0.273. The predicted molar refractivity (Wildman–Crippen MR) is 150 cm³/mol. The number of fused-ring (bicyclic) bond motifs is 1. The van der Waals surface area contributed by atoms with Gasteiger partial charge in [0.2, 0.25) is 11.9 Å². The van der Waals surface area contributed by atoms with Crippen LogP contribution in [-0.2, 0) is 10.3 Å². The van der Waals surface area contributed by atoms with Crippen LogP contribution in [0.4, 0.5) is 15.8 Å². The average molecular weight is 553 g/mol. The lowest BCUT2D eigenvalue weighted by molar-refractivity contribution is -0.122. The maximum absolute atomic E-state index is 14.0. The number of hydrogen-bond acceptors (Lipinski definition) is 9. The lowest BCUT2D eigenvalue weighted by atomic mass is 9.96. The van der Waals surface area contributed by atoms with Crippen molar-refractivity contribution in [3.05, 3.63) is 70.7 Å². The minimum absolute atomic E-state index is 0.0793. The number of aryl methyl sites for hydroxylation is 1. The summed E-state index contributed by atoms with van der Waals surface area (Å²) in [6.07, 6.45) is 4.24. The van der Waals surface area contributed by atoms with E-state index in [-0.39, 0.29) is 5.41 Å². The molecule has 41 heavy (non-hydrogen) atoms. The molecule has 4 N–H and O–H groups in total. The smallest absolute Gasteiger partial charge is 0.245 e. The molecule has 1 aliphatic carbocycles. The molecule has 1 atom stereocenters. The number of amides is 1. The molecule has 1 saturated carbocycles. The third-order valence-corrected chi connectivity index (χ3v) is 7.15. The molecular formula is C29H29FN10O. The Morgan fingerprint density at radius 1 is 1.22 bits per heavy atom. The molecule has 0 aliphatic heterocycles. The molecule has 1 aromatic carbocycles. The van der Waals surface area contributed by atoms with E-state index in [0.29, 0.717) is 69.7 Å². The Bertz CT molecular complexity index is 1750. The number of carbonyl (C=O) groups is 1. The van der Waals surface area contributed by atoms with Crippen LogP contribution >= 0.6 is 0 Å². The van der Waals surface area contributed by atoms with Crippen LogP contribution in [0.15, 0.2) is 36.7 Å². The molecule has 0 unspecified atom stereocenters. The van der Waals surface area contributed by atoms with Gasteiger partial charge in [-0.15, -0.1) is 5.10 Å². The number of aromatic nitrogens is 5. The summed E-state index contributed by atoms with van der Waals surface area (Å²) >= 11 is 0. The molecule has 1 amide bonds. The van der Waals surface area contributed by atoms with Gasteiger partial charge in [0.1, 0.15) is 23.4 Å². The highest BCUT2D eigenvalue weighted by molar-refractivity contribution is 5.99. The van der Waals surface area contributed by atoms with Crippen molar-refractivity contribution in [1.82, 2.24) is 25.0 Å². The zero-order chi connectivity index (χ0) is 29.5. The van der Waals surface area contributed by atoms with Gasteiger partial charge in [-0.3, -0.25) is 9.78 Å². The first-order valence-corrected chi connectivity index (χ1v) is 13.1. The van der Waals surface area contributed by atoms with E-state index in [0.717, 1.165) is 0 Å². The monoisotopic (exact) mass is 552 g/mol. The van der Waals surface area contributed by atoms with E-state index < -0.39 is 23.4 Å². The second-order valence-electron chi connectivity index (χ2n) is 11.5. The number of primary amides is 1. The fourth-order valence-electron chi connectivity index (χ4n) is 4.75. The van der Waals surface area contributed by atoms with Gasteiger partial charge in [0.25, 0.3) is 0 Å². The van der Waals surface area contributed by atoms with Gasteiger partial charge in [0.15, 0.2) is 0 Å². The van der Waals surface area contributed by atoms with Crippen molar-refractivity contribution in [3.8, 4) is 12.1 Å². The molecular weight excluding hydrogens is 523 g/mol. The maximum atomic E-state index is 14.0. The van der Waals surface area contributed by atoms with E-state index in [9.17, 15) is 19.7 Å². The SMILES string of the molecule is Cc1nc(F)ccc1[C@H](Nc1cc(C#N)c2ncc(C#N)c(NCC(C)(C)C)c2c1)c1cn(C2(C(N)=O)CC2)nn1. The first-order valence-electron chi connectivity index (χ1n) is 13.1. The highest BCUT2D eigenvalue weighted by atomic mass is 19.1. The normalized spacial score (nSPS) is 14.6. The fraction of sp³-hybridized carbons (Fsp3) is 0.345. The number of anilines is 2. The van der Waals surface area contributed by atoms with Crippen molar-refractivity contribution >= 4 is 28.2 Å². The minimum Gasteiger partial charge on any atom is -0.383 e. The molecule has 11 nitrogen and oxygen atoms in total. The zero-order valence-corrected chi connectivity index (χ0v) is 23.2.